The molecule has 0 saturated carbocycles. The van der Waals surface area contributed by atoms with Crippen LogP contribution in [0.3, 0.4) is 0 Å². The summed E-state index contributed by atoms with van der Waals surface area (Å²) >= 11 is 0. The van der Waals surface area contributed by atoms with Crippen molar-refractivity contribution in [3.63, 3.8) is 0 Å². The SMILES string of the molecule is CCn1ncc2c1[C@@H](COC)CN(Cc1cc(C)on1)C2. The normalized spacial score (nSPS) is 18.9. The van der Waals surface area contributed by atoms with Gasteiger partial charge < -0.3 is 9.26 Å². The first-order valence-electron chi connectivity index (χ1n) is 7.39. The monoisotopic (exact) mass is 290 g/mol. The van der Waals surface area contributed by atoms with E-state index in [4.69, 9.17) is 9.26 Å². The molecule has 0 saturated heterocycles. The zero-order valence-electron chi connectivity index (χ0n) is 12.9. The second-order valence-corrected chi connectivity index (χ2v) is 5.62. The zero-order valence-corrected chi connectivity index (χ0v) is 12.9. The summed E-state index contributed by atoms with van der Waals surface area (Å²) in [5.74, 6) is 1.21. The van der Waals surface area contributed by atoms with Gasteiger partial charge >= 0.3 is 0 Å². The lowest BCUT2D eigenvalue weighted by molar-refractivity contribution is 0.131. The number of rotatable bonds is 5. The summed E-state index contributed by atoms with van der Waals surface area (Å²) in [6, 6.07) is 2.00. The zero-order chi connectivity index (χ0) is 14.8. The molecule has 21 heavy (non-hydrogen) atoms. The van der Waals surface area contributed by atoms with E-state index >= 15 is 0 Å². The molecule has 6 nitrogen and oxygen atoms in total. The maximum Gasteiger partial charge on any atom is 0.133 e. The van der Waals surface area contributed by atoms with Gasteiger partial charge in [0, 0.05) is 56.5 Å². The Labute approximate surface area is 124 Å². The molecule has 2 aromatic rings. The maximum atomic E-state index is 5.41. The van der Waals surface area contributed by atoms with Crippen molar-refractivity contribution < 1.29 is 9.26 Å². The Morgan fingerprint density at radius 1 is 1.48 bits per heavy atom. The molecule has 1 aliphatic heterocycles. The molecule has 1 atom stereocenters. The highest BCUT2D eigenvalue weighted by molar-refractivity contribution is 5.25. The molecule has 2 aromatic heterocycles. The van der Waals surface area contributed by atoms with Crippen LogP contribution in [0.4, 0.5) is 0 Å². The van der Waals surface area contributed by atoms with Gasteiger partial charge in [0.2, 0.25) is 0 Å². The number of aryl methyl sites for hydroxylation is 2. The third-order valence-corrected chi connectivity index (χ3v) is 3.95. The Kier molecular flexibility index (Phi) is 4.07. The highest BCUT2D eigenvalue weighted by Crippen LogP contribution is 2.29. The van der Waals surface area contributed by atoms with Gasteiger partial charge in [-0.2, -0.15) is 5.10 Å². The van der Waals surface area contributed by atoms with Gasteiger partial charge in [-0.05, 0) is 13.8 Å². The van der Waals surface area contributed by atoms with E-state index in [0.717, 1.165) is 37.6 Å². The predicted molar refractivity (Wildman–Crippen MR) is 77.9 cm³/mol. The first-order valence-corrected chi connectivity index (χ1v) is 7.39. The smallest absolute Gasteiger partial charge is 0.133 e. The molecule has 0 N–H and O–H groups in total. The standard InChI is InChI=1S/C15H22N4O2/c1-4-19-15-12(6-16-19)7-18(8-13(15)10-20-3)9-14-5-11(2)21-17-14/h5-6,13H,4,7-10H2,1-3H3/t13-/m1/s1. The van der Waals surface area contributed by atoms with Crippen molar-refractivity contribution >= 4 is 0 Å². The second kappa shape index (κ2) is 5.99. The number of hydrogen-bond acceptors (Lipinski definition) is 5. The number of ether oxygens (including phenoxy) is 1. The van der Waals surface area contributed by atoms with Gasteiger partial charge in [0.15, 0.2) is 0 Å². The fraction of sp³-hybridized carbons (Fsp3) is 0.600. The molecule has 6 heteroatoms. The first kappa shape index (κ1) is 14.3. The number of hydrogen-bond donors (Lipinski definition) is 0. The van der Waals surface area contributed by atoms with Crippen molar-refractivity contribution in [2.45, 2.75) is 39.4 Å². The third-order valence-electron chi connectivity index (χ3n) is 3.95. The van der Waals surface area contributed by atoms with Crippen LogP contribution in [0.2, 0.25) is 0 Å². The summed E-state index contributed by atoms with van der Waals surface area (Å²) in [7, 11) is 1.76. The summed E-state index contributed by atoms with van der Waals surface area (Å²) in [6.07, 6.45) is 1.99. The van der Waals surface area contributed by atoms with Gasteiger partial charge in [0.05, 0.1) is 18.5 Å². The van der Waals surface area contributed by atoms with Gasteiger partial charge in [-0.15, -0.1) is 0 Å². The minimum Gasteiger partial charge on any atom is -0.384 e. The molecule has 0 unspecified atom stereocenters. The molecular weight excluding hydrogens is 268 g/mol. The summed E-state index contributed by atoms with van der Waals surface area (Å²) < 4.78 is 12.7. The topological polar surface area (TPSA) is 56.3 Å². The van der Waals surface area contributed by atoms with Crippen LogP contribution < -0.4 is 0 Å². The third kappa shape index (κ3) is 2.87. The highest BCUT2D eigenvalue weighted by atomic mass is 16.5. The van der Waals surface area contributed by atoms with Crippen molar-refractivity contribution in [3.05, 3.63) is 35.0 Å². The fourth-order valence-corrected chi connectivity index (χ4v) is 3.16. The van der Waals surface area contributed by atoms with Crippen LogP contribution in [-0.4, -0.2) is 40.1 Å². The predicted octanol–water partition coefficient (Wildman–Crippen LogP) is 1.95. The van der Waals surface area contributed by atoms with Crippen molar-refractivity contribution in [1.29, 1.82) is 0 Å². The Balaban J connectivity index is 1.80. The van der Waals surface area contributed by atoms with E-state index < -0.39 is 0 Å². The molecule has 0 amide bonds. The second-order valence-electron chi connectivity index (χ2n) is 5.62. The lowest BCUT2D eigenvalue weighted by atomic mass is 9.96. The van der Waals surface area contributed by atoms with Gasteiger partial charge in [0.1, 0.15) is 5.76 Å². The minimum absolute atomic E-state index is 0.356. The molecule has 0 radical (unpaired) electrons. The van der Waals surface area contributed by atoms with Crippen molar-refractivity contribution in [2.75, 3.05) is 20.3 Å². The molecular formula is C15H22N4O2. The van der Waals surface area contributed by atoms with Crippen LogP contribution in [0, 0.1) is 6.92 Å². The number of fused-ring (bicyclic) bond motifs is 1. The fourth-order valence-electron chi connectivity index (χ4n) is 3.16. The molecule has 3 rings (SSSR count). The molecule has 0 spiro atoms. The summed E-state index contributed by atoms with van der Waals surface area (Å²) in [5, 5.41) is 8.58. The highest BCUT2D eigenvalue weighted by Gasteiger charge is 2.29. The number of methoxy groups -OCH3 is 1. The van der Waals surface area contributed by atoms with Crippen LogP contribution in [0.15, 0.2) is 16.8 Å². The molecule has 0 aromatic carbocycles. The Morgan fingerprint density at radius 3 is 3.00 bits per heavy atom. The molecule has 0 bridgehead atoms. The summed E-state index contributed by atoms with van der Waals surface area (Å²) in [6.45, 7) is 8.32. The Morgan fingerprint density at radius 2 is 2.33 bits per heavy atom. The van der Waals surface area contributed by atoms with Gasteiger partial charge in [-0.25, -0.2) is 0 Å². The molecule has 114 valence electrons. The van der Waals surface area contributed by atoms with Gasteiger partial charge in [-0.3, -0.25) is 9.58 Å². The first-order chi connectivity index (χ1) is 10.2. The quantitative estimate of drug-likeness (QED) is 0.842. The van der Waals surface area contributed by atoms with Crippen molar-refractivity contribution in [1.82, 2.24) is 19.8 Å². The molecule has 1 aliphatic rings. The number of nitrogens with zero attached hydrogens (tertiary/aromatic N) is 4. The van der Waals surface area contributed by atoms with E-state index in [9.17, 15) is 0 Å². The average molecular weight is 290 g/mol. The largest absolute Gasteiger partial charge is 0.384 e. The van der Waals surface area contributed by atoms with Crippen LogP contribution in [-0.2, 0) is 24.4 Å². The minimum atomic E-state index is 0.356. The van der Waals surface area contributed by atoms with E-state index in [2.05, 4.69) is 26.8 Å². The van der Waals surface area contributed by atoms with E-state index in [1.54, 1.807) is 7.11 Å². The van der Waals surface area contributed by atoms with E-state index in [-0.39, 0.29) is 0 Å². The molecule has 0 aliphatic carbocycles. The Hall–Kier alpha value is -1.66. The molecule has 0 fully saturated rings. The lowest BCUT2D eigenvalue weighted by Gasteiger charge is -2.32. The van der Waals surface area contributed by atoms with E-state index in [1.165, 1.54) is 11.3 Å². The number of aromatic nitrogens is 3. The summed E-state index contributed by atoms with van der Waals surface area (Å²) in [4.78, 5) is 2.38. The van der Waals surface area contributed by atoms with Crippen LogP contribution >= 0.6 is 0 Å². The van der Waals surface area contributed by atoms with Crippen LogP contribution in [0.1, 0.15) is 35.6 Å². The van der Waals surface area contributed by atoms with Gasteiger partial charge in [-0.1, -0.05) is 5.16 Å². The van der Waals surface area contributed by atoms with Crippen LogP contribution in [0.25, 0.3) is 0 Å². The average Bonchev–Trinajstić information content (AvgIpc) is 3.05. The van der Waals surface area contributed by atoms with E-state index in [1.807, 2.05) is 19.2 Å². The van der Waals surface area contributed by atoms with E-state index in [0.29, 0.717) is 12.5 Å². The maximum absolute atomic E-state index is 5.41. The summed E-state index contributed by atoms with van der Waals surface area (Å²) in [5.41, 5.74) is 3.60. The van der Waals surface area contributed by atoms with Crippen LogP contribution in [0.5, 0.6) is 0 Å². The van der Waals surface area contributed by atoms with Crippen molar-refractivity contribution in [3.8, 4) is 0 Å². The van der Waals surface area contributed by atoms with Gasteiger partial charge in [0.25, 0.3) is 0 Å². The Bertz CT molecular complexity index is 605. The lowest BCUT2D eigenvalue weighted by Crippen LogP contribution is -2.35. The van der Waals surface area contributed by atoms with Crippen molar-refractivity contribution in [2.24, 2.45) is 0 Å². The molecule has 3 heterocycles.